The van der Waals surface area contributed by atoms with Crippen LogP contribution in [0, 0.1) is 0 Å². The molecule has 20 heavy (non-hydrogen) atoms. The predicted octanol–water partition coefficient (Wildman–Crippen LogP) is 2.00. The van der Waals surface area contributed by atoms with Gasteiger partial charge in [-0.05, 0) is 38.4 Å². The van der Waals surface area contributed by atoms with Crippen molar-refractivity contribution in [2.45, 2.75) is 26.3 Å². The molecule has 2 aromatic rings. The van der Waals surface area contributed by atoms with Gasteiger partial charge in [0.15, 0.2) is 5.58 Å². The molecule has 0 aliphatic heterocycles. The SMILES string of the molecule is CCOCCCCNCCn1c(=O)oc2ccccc21. The van der Waals surface area contributed by atoms with E-state index >= 15 is 0 Å². The Morgan fingerprint density at radius 2 is 2.10 bits per heavy atom. The van der Waals surface area contributed by atoms with Gasteiger partial charge in [-0.3, -0.25) is 4.57 Å². The van der Waals surface area contributed by atoms with E-state index < -0.39 is 0 Å². The zero-order valence-corrected chi connectivity index (χ0v) is 11.9. The summed E-state index contributed by atoms with van der Waals surface area (Å²) in [5, 5.41) is 3.34. The van der Waals surface area contributed by atoms with Crippen LogP contribution in [0.15, 0.2) is 33.5 Å². The maximum Gasteiger partial charge on any atom is 0.419 e. The normalized spacial score (nSPS) is 11.2. The van der Waals surface area contributed by atoms with Crippen LogP contribution in [0.3, 0.4) is 0 Å². The van der Waals surface area contributed by atoms with Gasteiger partial charge in [-0.25, -0.2) is 4.79 Å². The van der Waals surface area contributed by atoms with Crippen LogP contribution in [0.2, 0.25) is 0 Å². The largest absolute Gasteiger partial charge is 0.419 e. The molecule has 5 heteroatoms. The first-order valence-electron chi connectivity index (χ1n) is 7.19. The van der Waals surface area contributed by atoms with E-state index in [1.807, 2.05) is 31.2 Å². The van der Waals surface area contributed by atoms with Gasteiger partial charge in [0.25, 0.3) is 0 Å². The van der Waals surface area contributed by atoms with E-state index in [9.17, 15) is 4.79 Å². The average Bonchev–Trinajstić information content (AvgIpc) is 2.78. The van der Waals surface area contributed by atoms with Crippen LogP contribution in [-0.4, -0.2) is 30.9 Å². The molecular formula is C15H22N2O3. The molecule has 110 valence electrons. The number of benzene rings is 1. The molecule has 2 rings (SSSR count). The fourth-order valence-electron chi connectivity index (χ4n) is 2.14. The quantitative estimate of drug-likeness (QED) is 0.713. The number of hydrogen-bond donors (Lipinski definition) is 1. The molecule has 1 N–H and O–H groups in total. The predicted molar refractivity (Wildman–Crippen MR) is 79.1 cm³/mol. The number of aromatic nitrogens is 1. The minimum Gasteiger partial charge on any atom is -0.408 e. The second-order valence-electron chi connectivity index (χ2n) is 4.64. The summed E-state index contributed by atoms with van der Waals surface area (Å²) in [6.07, 6.45) is 2.15. The third-order valence-electron chi connectivity index (χ3n) is 3.18. The number of para-hydroxylation sites is 2. The number of nitrogens with zero attached hydrogens (tertiary/aromatic N) is 1. The molecule has 0 unspecified atom stereocenters. The van der Waals surface area contributed by atoms with Crippen molar-refractivity contribution in [3.05, 3.63) is 34.8 Å². The average molecular weight is 278 g/mol. The zero-order valence-electron chi connectivity index (χ0n) is 11.9. The number of unbranched alkanes of at least 4 members (excludes halogenated alkanes) is 1. The smallest absolute Gasteiger partial charge is 0.408 e. The van der Waals surface area contributed by atoms with E-state index in [1.165, 1.54) is 0 Å². The molecule has 0 spiro atoms. The maximum absolute atomic E-state index is 11.7. The fourth-order valence-corrected chi connectivity index (χ4v) is 2.14. The monoisotopic (exact) mass is 278 g/mol. The molecule has 0 fully saturated rings. The highest BCUT2D eigenvalue weighted by Gasteiger charge is 2.07. The van der Waals surface area contributed by atoms with E-state index in [2.05, 4.69) is 5.32 Å². The van der Waals surface area contributed by atoms with Crippen molar-refractivity contribution < 1.29 is 9.15 Å². The lowest BCUT2D eigenvalue weighted by atomic mass is 10.3. The Labute approximate surface area is 118 Å². The maximum atomic E-state index is 11.7. The van der Waals surface area contributed by atoms with E-state index in [-0.39, 0.29) is 5.76 Å². The Balaban J connectivity index is 1.73. The number of oxazole rings is 1. The summed E-state index contributed by atoms with van der Waals surface area (Å²) in [5.41, 5.74) is 1.50. The standard InChI is InChI=1S/C15H22N2O3/c1-2-19-12-6-5-9-16-10-11-17-13-7-3-4-8-14(13)20-15(17)18/h3-4,7-8,16H,2,5-6,9-12H2,1H3. The van der Waals surface area contributed by atoms with Gasteiger partial charge in [0.1, 0.15) is 0 Å². The molecule has 0 atom stereocenters. The fraction of sp³-hybridized carbons (Fsp3) is 0.533. The Hall–Kier alpha value is -1.59. The molecule has 0 aliphatic rings. The highest BCUT2D eigenvalue weighted by Crippen LogP contribution is 2.10. The Morgan fingerprint density at radius 1 is 1.25 bits per heavy atom. The summed E-state index contributed by atoms with van der Waals surface area (Å²) in [6.45, 7) is 5.94. The molecule has 1 aromatic heterocycles. The van der Waals surface area contributed by atoms with Crippen molar-refractivity contribution in [2.75, 3.05) is 26.3 Å². The van der Waals surface area contributed by atoms with Crippen molar-refractivity contribution in [3.8, 4) is 0 Å². The number of hydrogen-bond acceptors (Lipinski definition) is 4. The summed E-state index contributed by atoms with van der Waals surface area (Å²) in [4.78, 5) is 11.7. The molecule has 0 aliphatic carbocycles. The lowest BCUT2D eigenvalue weighted by molar-refractivity contribution is 0.143. The van der Waals surface area contributed by atoms with Crippen LogP contribution in [-0.2, 0) is 11.3 Å². The van der Waals surface area contributed by atoms with Crippen LogP contribution in [0.1, 0.15) is 19.8 Å². The highest BCUT2D eigenvalue weighted by molar-refractivity contribution is 5.72. The summed E-state index contributed by atoms with van der Waals surface area (Å²) in [7, 11) is 0. The minimum atomic E-state index is -0.288. The van der Waals surface area contributed by atoms with Crippen molar-refractivity contribution >= 4 is 11.1 Å². The van der Waals surface area contributed by atoms with Crippen LogP contribution in [0.5, 0.6) is 0 Å². The van der Waals surface area contributed by atoms with Gasteiger partial charge in [-0.1, -0.05) is 12.1 Å². The van der Waals surface area contributed by atoms with E-state index in [4.69, 9.17) is 9.15 Å². The van der Waals surface area contributed by atoms with Crippen LogP contribution >= 0.6 is 0 Å². The molecule has 0 saturated heterocycles. The molecule has 1 heterocycles. The Kier molecular flexibility index (Phi) is 5.83. The van der Waals surface area contributed by atoms with Gasteiger partial charge in [-0.15, -0.1) is 0 Å². The first-order valence-corrected chi connectivity index (χ1v) is 7.19. The summed E-state index contributed by atoms with van der Waals surface area (Å²) >= 11 is 0. The van der Waals surface area contributed by atoms with Gasteiger partial charge < -0.3 is 14.5 Å². The second-order valence-corrected chi connectivity index (χ2v) is 4.64. The number of rotatable bonds is 9. The van der Waals surface area contributed by atoms with Crippen molar-refractivity contribution in [1.82, 2.24) is 9.88 Å². The summed E-state index contributed by atoms with van der Waals surface area (Å²) in [6, 6.07) is 7.50. The van der Waals surface area contributed by atoms with Gasteiger partial charge in [-0.2, -0.15) is 0 Å². The first kappa shape index (κ1) is 14.8. The highest BCUT2D eigenvalue weighted by atomic mass is 16.5. The van der Waals surface area contributed by atoms with Crippen LogP contribution in [0.4, 0.5) is 0 Å². The van der Waals surface area contributed by atoms with Gasteiger partial charge >= 0.3 is 5.76 Å². The van der Waals surface area contributed by atoms with Crippen molar-refractivity contribution in [1.29, 1.82) is 0 Å². The zero-order chi connectivity index (χ0) is 14.2. The minimum absolute atomic E-state index is 0.288. The third-order valence-corrected chi connectivity index (χ3v) is 3.18. The van der Waals surface area contributed by atoms with E-state index in [0.717, 1.165) is 44.7 Å². The number of fused-ring (bicyclic) bond motifs is 1. The van der Waals surface area contributed by atoms with Gasteiger partial charge in [0.05, 0.1) is 5.52 Å². The number of nitrogens with one attached hydrogen (secondary N) is 1. The summed E-state index contributed by atoms with van der Waals surface area (Å²) in [5.74, 6) is -0.288. The van der Waals surface area contributed by atoms with Gasteiger partial charge in [0.2, 0.25) is 0 Å². The molecule has 0 bridgehead atoms. The Morgan fingerprint density at radius 3 is 2.95 bits per heavy atom. The topological polar surface area (TPSA) is 56.4 Å². The second kappa shape index (κ2) is 7.87. The third kappa shape index (κ3) is 3.95. The molecule has 0 radical (unpaired) electrons. The van der Waals surface area contributed by atoms with Crippen molar-refractivity contribution in [3.63, 3.8) is 0 Å². The van der Waals surface area contributed by atoms with Crippen molar-refractivity contribution in [2.24, 2.45) is 0 Å². The lowest BCUT2D eigenvalue weighted by Crippen LogP contribution is -2.25. The molecule has 0 saturated carbocycles. The van der Waals surface area contributed by atoms with E-state index in [1.54, 1.807) is 4.57 Å². The van der Waals surface area contributed by atoms with Gasteiger partial charge in [0, 0.05) is 26.3 Å². The summed E-state index contributed by atoms with van der Waals surface area (Å²) < 4.78 is 12.1. The molecule has 5 nitrogen and oxygen atoms in total. The molecule has 1 aromatic carbocycles. The first-order chi connectivity index (χ1) is 9.83. The van der Waals surface area contributed by atoms with E-state index in [0.29, 0.717) is 12.1 Å². The number of ether oxygens (including phenoxy) is 1. The molecule has 0 amide bonds. The Bertz CT molecular complexity index is 574. The van der Waals surface area contributed by atoms with Crippen LogP contribution < -0.4 is 11.1 Å². The lowest BCUT2D eigenvalue weighted by Gasteiger charge is -2.05. The molecular weight excluding hydrogens is 256 g/mol. The van der Waals surface area contributed by atoms with Crippen LogP contribution in [0.25, 0.3) is 11.1 Å².